The van der Waals surface area contributed by atoms with Crippen molar-refractivity contribution < 1.29 is 19.1 Å². The number of carbonyl (C=O) groups is 2. The first-order valence-corrected chi connectivity index (χ1v) is 10.2. The zero-order valence-corrected chi connectivity index (χ0v) is 16.4. The molecule has 2 atom stereocenters. The summed E-state index contributed by atoms with van der Waals surface area (Å²) in [5, 5.41) is 2.72. The van der Waals surface area contributed by atoms with Crippen LogP contribution in [0.15, 0.2) is 30.3 Å². The van der Waals surface area contributed by atoms with Crippen LogP contribution in [0.1, 0.15) is 32.3 Å². The summed E-state index contributed by atoms with van der Waals surface area (Å²) < 4.78 is 10.7. The number of benzene rings is 1. The Morgan fingerprint density at radius 3 is 2.62 bits per heavy atom. The van der Waals surface area contributed by atoms with E-state index in [4.69, 9.17) is 15.2 Å². The summed E-state index contributed by atoms with van der Waals surface area (Å²) in [5.41, 5.74) is 7.03. The van der Waals surface area contributed by atoms with Gasteiger partial charge in [-0.15, -0.1) is 0 Å². The number of nitrogens with two attached hydrogens (primary N) is 1. The van der Waals surface area contributed by atoms with Crippen LogP contribution in [0.5, 0.6) is 0 Å². The molecule has 6 nitrogen and oxygen atoms in total. The van der Waals surface area contributed by atoms with Gasteiger partial charge in [0.05, 0.1) is 6.42 Å². The van der Waals surface area contributed by atoms with Crippen molar-refractivity contribution in [3.63, 3.8) is 0 Å². The van der Waals surface area contributed by atoms with Gasteiger partial charge in [-0.05, 0) is 30.4 Å². The van der Waals surface area contributed by atoms with Gasteiger partial charge in [-0.3, -0.25) is 9.59 Å². The first-order valence-electron chi connectivity index (χ1n) is 9.00. The number of hydrogen-bond acceptors (Lipinski definition) is 6. The predicted molar refractivity (Wildman–Crippen MR) is 105 cm³/mol. The Morgan fingerprint density at radius 2 is 1.96 bits per heavy atom. The summed E-state index contributed by atoms with van der Waals surface area (Å²) in [6.07, 6.45) is 0.117. The quantitative estimate of drug-likeness (QED) is 0.401. The molecule has 3 N–H and O–H groups in total. The Bertz CT molecular complexity index is 528. The first kappa shape index (κ1) is 22.5. The van der Waals surface area contributed by atoms with Crippen molar-refractivity contribution in [2.45, 2.75) is 45.4 Å². The maximum atomic E-state index is 12.3. The van der Waals surface area contributed by atoms with Crippen molar-refractivity contribution in [3.8, 4) is 0 Å². The van der Waals surface area contributed by atoms with Gasteiger partial charge in [0.1, 0.15) is 6.61 Å². The van der Waals surface area contributed by atoms with E-state index in [1.54, 1.807) is 11.8 Å². The fourth-order valence-electron chi connectivity index (χ4n) is 2.29. The molecule has 0 saturated carbocycles. The molecule has 0 bridgehead atoms. The van der Waals surface area contributed by atoms with Gasteiger partial charge in [0.15, 0.2) is 6.10 Å². The maximum Gasteiger partial charge on any atom is 0.307 e. The van der Waals surface area contributed by atoms with E-state index in [0.717, 1.165) is 17.1 Å². The highest BCUT2D eigenvalue weighted by Gasteiger charge is 2.25. The van der Waals surface area contributed by atoms with Crippen LogP contribution in [0.2, 0.25) is 0 Å². The number of thioether (sulfide) groups is 1. The molecule has 1 rings (SSSR count). The van der Waals surface area contributed by atoms with Crippen LogP contribution < -0.4 is 11.1 Å². The molecule has 0 spiro atoms. The van der Waals surface area contributed by atoms with E-state index in [0.29, 0.717) is 13.0 Å². The summed E-state index contributed by atoms with van der Waals surface area (Å²) in [6, 6.07) is 9.10. The van der Waals surface area contributed by atoms with Crippen molar-refractivity contribution in [2.75, 3.05) is 24.7 Å². The first-order chi connectivity index (χ1) is 12.6. The Balaban J connectivity index is 2.31. The van der Waals surface area contributed by atoms with Gasteiger partial charge in [0.2, 0.25) is 0 Å². The summed E-state index contributed by atoms with van der Waals surface area (Å²) in [6.45, 7) is 4.75. The largest absolute Gasteiger partial charge is 0.461 e. The van der Waals surface area contributed by atoms with E-state index in [9.17, 15) is 9.59 Å². The lowest BCUT2D eigenvalue weighted by Gasteiger charge is -2.22. The Labute approximate surface area is 160 Å². The van der Waals surface area contributed by atoms with Crippen molar-refractivity contribution in [3.05, 3.63) is 35.9 Å². The molecule has 1 aromatic carbocycles. The molecule has 1 aromatic rings. The van der Waals surface area contributed by atoms with Gasteiger partial charge >= 0.3 is 5.97 Å². The lowest BCUT2D eigenvalue weighted by molar-refractivity contribution is -0.145. The van der Waals surface area contributed by atoms with Crippen LogP contribution in [-0.2, 0) is 25.7 Å². The fraction of sp³-hybridized carbons (Fsp3) is 0.579. The number of rotatable bonds is 13. The minimum atomic E-state index is -0.696. The third kappa shape index (κ3) is 9.22. The summed E-state index contributed by atoms with van der Waals surface area (Å²) in [7, 11) is 0. The average molecular weight is 383 g/mol. The summed E-state index contributed by atoms with van der Waals surface area (Å²) in [4.78, 5) is 24.1. The molecule has 1 unspecified atom stereocenters. The highest BCUT2D eigenvalue weighted by molar-refractivity contribution is 7.99. The molecule has 0 heterocycles. The van der Waals surface area contributed by atoms with Gasteiger partial charge in [-0.2, -0.15) is 11.8 Å². The lowest BCUT2D eigenvalue weighted by Crippen LogP contribution is -2.48. The van der Waals surface area contributed by atoms with Gasteiger partial charge in [-0.25, -0.2) is 0 Å². The van der Waals surface area contributed by atoms with E-state index in [-0.39, 0.29) is 37.5 Å². The second-order valence-corrected chi connectivity index (χ2v) is 7.11. The zero-order chi connectivity index (χ0) is 19.2. The minimum absolute atomic E-state index is 0.109. The molecule has 0 aliphatic heterocycles. The Morgan fingerprint density at radius 1 is 1.23 bits per heavy atom. The van der Waals surface area contributed by atoms with E-state index < -0.39 is 6.10 Å². The minimum Gasteiger partial charge on any atom is -0.461 e. The standard InChI is InChI=1S/C19H30N2O4S/c1-3-24-18(16(20)11-13-26-4-2)19(23)21-12-10-17(22)25-14-15-8-6-5-7-9-15/h5-9,16,18H,3-4,10-14,20H2,1-2H3,(H,21,23)/t16-,18?/m1/s1. The van der Waals surface area contributed by atoms with Gasteiger partial charge < -0.3 is 20.5 Å². The molecule has 0 radical (unpaired) electrons. The molecule has 0 fully saturated rings. The smallest absolute Gasteiger partial charge is 0.307 e. The van der Waals surface area contributed by atoms with Crippen molar-refractivity contribution in [2.24, 2.45) is 5.73 Å². The molecule has 146 valence electrons. The fourth-order valence-corrected chi connectivity index (χ4v) is 3.01. The number of carbonyl (C=O) groups excluding carboxylic acids is 2. The molecular formula is C19H30N2O4S. The summed E-state index contributed by atoms with van der Waals surface area (Å²) >= 11 is 1.78. The van der Waals surface area contributed by atoms with Crippen molar-refractivity contribution in [1.82, 2.24) is 5.32 Å². The monoisotopic (exact) mass is 382 g/mol. The van der Waals surface area contributed by atoms with Crippen molar-refractivity contribution >= 4 is 23.6 Å². The highest BCUT2D eigenvalue weighted by Crippen LogP contribution is 2.08. The van der Waals surface area contributed by atoms with Crippen LogP contribution >= 0.6 is 11.8 Å². The number of amides is 1. The van der Waals surface area contributed by atoms with E-state index >= 15 is 0 Å². The summed E-state index contributed by atoms with van der Waals surface area (Å²) in [5.74, 6) is 1.27. The van der Waals surface area contributed by atoms with Crippen LogP contribution in [0.3, 0.4) is 0 Å². The van der Waals surface area contributed by atoms with Crippen LogP contribution in [0.4, 0.5) is 0 Å². The molecule has 0 aliphatic carbocycles. The number of ether oxygens (including phenoxy) is 2. The molecule has 0 saturated heterocycles. The molecule has 0 aromatic heterocycles. The van der Waals surface area contributed by atoms with E-state index in [2.05, 4.69) is 12.2 Å². The van der Waals surface area contributed by atoms with Gasteiger partial charge in [-0.1, -0.05) is 37.3 Å². The number of esters is 1. The molecular weight excluding hydrogens is 352 g/mol. The Hall–Kier alpha value is -1.57. The average Bonchev–Trinajstić information content (AvgIpc) is 2.65. The normalized spacial score (nSPS) is 13.0. The highest BCUT2D eigenvalue weighted by atomic mass is 32.2. The maximum absolute atomic E-state index is 12.3. The Kier molecular flexibility index (Phi) is 11.8. The van der Waals surface area contributed by atoms with Crippen LogP contribution in [0, 0.1) is 0 Å². The topological polar surface area (TPSA) is 90.6 Å². The second kappa shape index (κ2) is 13.6. The third-order valence-electron chi connectivity index (χ3n) is 3.66. The van der Waals surface area contributed by atoms with Gasteiger partial charge in [0, 0.05) is 19.2 Å². The van der Waals surface area contributed by atoms with Crippen molar-refractivity contribution in [1.29, 1.82) is 0 Å². The SMILES string of the molecule is CCOC(C(=O)NCCC(=O)OCc1ccccc1)[C@H](N)CCSCC. The lowest BCUT2D eigenvalue weighted by atomic mass is 10.1. The zero-order valence-electron chi connectivity index (χ0n) is 15.6. The second-order valence-electron chi connectivity index (χ2n) is 5.71. The van der Waals surface area contributed by atoms with Crippen LogP contribution in [-0.4, -0.2) is 48.7 Å². The van der Waals surface area contributed by atoms with Crippen LogP contribution in [0.25, 0.3) is 0 Å². The predicted octanol–water partition coefficient (Wildman–Crippen LogP) is 2.11. The van der Waals surface area contributed by atoms with E-state index in [1.807, 2.05) is 37.3 Å². The molecule has 1 amide bonds. The van der Waals surface area contributed by atoms with Gasteiger partial charge in [0.25, 0.3) is 5.91 Å². The third-order valence-corrected chi connectivity index (χ3v) is 4.60. The number of nitrogens with one attached hydrogen (secondary N) is 1. The molecule has 7 heteroatoms. The number of hydrogen-bond donors (Lipinski definition) is 2. The molecule has 26 heavy (non-hydrogen) atoms. The van der Waals surface area contributed by atoms with E-state index in [1.165, 1.54) is 0 Å². The molecule has 0 aliphatic rings.